The first-order chi connectivity index (χ1) is 11.3. The van der Waals surface area contributed by atoms with Gasteiger partial charge in [-0.2, -0.15) is 0 Å². The highest BCUT2D eigenvalue weighted by molar-refractivity contribution is 5.94. The van der Waals surface area contributed by atoms with Crippen LogP contribution in [0, 0.1) is 11.2 Å². The van der Waals surface area contributed by atoms with Gasteiger partial charge in [0.15, 0.2) is 0 Å². The number of carbonyl (C=O) groups is 1. The molecule has 3 rings (SSSR count). The van der Waals surface area contributed by atoms with E-state index in [0.717, 1.165) is 29.5 Å². The van der Waals surface area contributed by atoms with Gasteiger partial charge in [-0.1, -0.05) is 18.2 Å². The van der Waals surface area contributed by atoms with Crippen LogP contribution in [-0.4, -0.2) is 37.2 Å². The summed E-state index contributed by atoms with van der Waals surface area (Å²) in [5, 5.41) is 3.66. The summed E-state index contributed by atoms with van der Waals surface area (Å²) in [6.45, 7) is 8.25. The molecule has 5 heteroatoms. The fraction of sp³-hybridized carbons (Fsp3) is 0.421. The van der Waals surface area contributed by atoms with Gasteiger partial charge in [0, 0.05) is 24.2 Å². The number of nitrogens with zero attached hydrogens (tertiary/aromatic N) is 2. The molecule has 2 aromatic rings. The van der Waals surface area contributed by atoms with E-state index in [-0.39, 0.29) is 11.8 Å². The average Bonchev–Trinajstić information content (AvgIpc) is 2.54. The lowest BCUT2D eigenvalue weighted by molar-refractivity contribution is -0.201. The first-order valence-corrected chi connectivity index (χ1v) is 8.25. The van der Waals surface area contributed by atoms with Crippen molar-refractivity contribution in [2.75, 3.05) is 31.1 Å². The first kappa shape index (κ1) is 16.7. The second kappa shape index (κ2) is 6.40. The molecule has 1 aliphatic rings. The molecule has 1 saturated heterocycles. The van der Waals surface area contributed by atoms with Crippen LogP contribution in [0.2, 0.25) is 0 Å². The number of piperazine rings is 1. The number of hydrogen-bond acceptors (Lipinski definition) is 4. The van der Waals surface area contributed by atoms with Gasteiger partial charge in [-0.15, -0.1) is 5.06 Å². The molecule has 1 heterocycles. The molecule has 0 aromatic heterocycles. The van der Waals surface area contributed by atoms with Gasteiger partial charge in [-0.25, -0.2) is 9.18 Å². The maximum absolute atomic E-state index is 13.6. The van der Waals surface area contributed by atoms with Crippen molar-refractivity contribution < 1.29 is 14.0 Å². The average molecular weight is 330 g/mol. The molecule has 0 radical (unpaired) electrons. The quantitative estimate of drug-likeness (QED) is 0.842. The van der Waals surface area contributed by atoms with E-state index in [1.165, 1.54) is 6.07 Å². The van der Waals surface area contributed by atoms with E-state index in [0.29, 0.717) is 13.1 Å². The summed E-state index contributed by atoms with van der Waals surface area (Å²) in [5.41, 5.74) is 0.512. The normalized spacial score (nSPS) is 16.4. The van der Waals surface area contributed by atoms with Gasteiger partial charge < -0.3 is 9.74 Å². The summed E-state index contributed by atoms with van der Waals surface area (Å²) in [4.78, 5) is 19.6. The standard InChI is InChI=1S/C19H23FN2O2/c1-19(2,3)18(23)24-22-11-9-21(10-12-22)17-6-4-5-14-7-8-15(20)13-16(14)17/h4-8,13H,9-12H2,1-3H3. The zero-order chi connectivity index (χ0) is 17.3. The molecule has 0 atom stereocenters. The monoisotopic (exact) mass is 330 g/mol. The summed E-state index contributed by atoms with van der Waals surface area (Å²) < 4.78 is 13.6. The fourth-order valence-corrected chi connectivity index (χ4v) is 2.78. The highest BCUT2D eigenvalue weighted by Gasteiger charge is 2.28. The van der Waals surface area contributed by atoms with E-state index in [2.05, 4.69) is 4.90 Å². The molecule has 2 aromatic carbocycles. The second-order valence-corrected chi connectivity index (χ2v) is 7.19. The highest BCUT2D eigenvalue weighted by Crippen LogP contribution is 2.28. The fourth-order valence-electron chi connectivity index (χ4n) is 2.78. The molecule has 0 unspecified atom stereocenters. The van der Waals surface area contributed by atoms with Gasteiger partial charge in [-0.05, 0) is 44.4 Å². The van der Waals surface area contributed by atoms with Crippen LogP contribution < -0.4 is 4.90 Å². The van der Waals surface area contributed by atoms with Crippen LogP contribution in [0.15, 0.2) is 36.4 Å². The van der Waals surface area contributed by atoms with Crippen LogP contribution in [0.25, 0.3) is 10.8 Å². The molecule has 0 spiro atoms. The van der Waals surface area contributed by atoms with E-state index in [9.17, 15) is 9.18 Å². The Morgan fingerprint density at radius 3 is 2.46 bits per heavy atom. The smallest absolute Gasteiger partial charge is 0.330 e. The van der Waals surface area contributed by atoms with Crippen molar-refractivity contribution in [2.45, 2.75) is 20.8 Å². The Hall–Kier alpha value is -2.14. The van der Waals surface area contributed by atoms with Crippen molar-refractivity contribution in [3.8, 4) is 0 Å². The van der Waals surface area contributed by atoms with Crippen LogP contribution in [0.3, 0.4) is 0 Å². The molecule has 0 bridgehead atoms. The van der Waals surface area contributed by atoms with Gasteiger partial charge in [0.05, 0.1) is 18.5 Å². The van der Waals surface area contributed by atoms with Gasteiger partial charge >= 0.3 is 5.97 Å². The summed E-state index contributed by atoms with van der Waals surface area (Å²) in [6, 6.07) is 10.8. The Labute approximate surface area is 141 Å². The van der Waals surface area contributed by atoms with Gasteiger partial charge in [0.25, 0.3) is 0 Å². The zero-order valence-corrected chi connectivity index (χ0v) is 14.4. The Balaban J connectivity index is 1.71. The Morgan fingerprint density at radius 2 is 1.79 bits per heavy atom. The van der Waals surface area contributed by atoms with Crippen LogP contribution in [0.4, 0.5) is 10.1 Å². The Bertz CT molecular complexity index is 747. The highest BCUT2D eigenvalue weighted by atomic mass is 19.1. The molecule has 0 N–H and O–H groups in total. The molecule has 0 amide bonds. The third-order valence-electron chi connectivity index (χ3n) is 4.22. The van der Waals surface area contributed by atoms with Crippen molar-refractivity contribution in [2.24, 2.45) is 5.41 Å². The SMILES string of the molecule is CC(C)(C)C(=O)ON1CCN(c2cccc3ccc(F)cc23)CC1. The summed E-state index contributed by atoms with van der Waals surface area (Å²) in [6.07, 6.45) is 0. The molecule has 24 heavy (non-hydrogen) atoms. The predicted octanol–water partition coefficient (Wildman–Crippen LogP) is 3.61. The van der Waals surface area contributed by atoms with E-state index in [1.807, 2.05) is 39.0 Å². The minimum Gasteiger partial charge on any atom is -0.368 e. The topological polar surface area (TPSA) is 32.8 Å². The van der Waals surface area contributed by atoms with Crippen LogP contribution >= 0.6 is 0 Å². The lowest BCUT2D eigenvalue weighted by Crippen LogP contribution is -2.48. The van der Waals surface area contributed by atoms with Crippen molar-refractivity contribution in [3.63, 3.8) is 0 Å². The van der Waals surface area contributed by atoms with Crippen LogP contribution in [0.5, 0.6) is 0 Å². The molecule has 1 aliphatic heterocycles. The summed E-state index contributed by atoms with van der Waals surface area (Å²) in [5.74, 6) is -0.448. The molecule has 0 saturated carbocycles. The molecular weight excluding hydrogens is 307 g/mol. The van der Waals surface area contributed by atoms with E-state index >= 15 is 0 Å². The Morgan fingerprint density at radius 1 is 1.08 bits per heavy atom. The minimum absolute atomic E-state index is 0.219. The molecule has 4 nitrogen and oxygen atoms in total. The summed E-state index contributed by atoms with van der Waals surface area (Å²) in [7, 11) is 0. The number of hydrogen-bond donors (Lipinski definition) is 0. The van der Waals surface area contributed by atoms with Crippen molar-refractivity contribution >= 4 is 22.4 Å². The van der Waals surface area contributed by atoms with Crippen molar-refractivity contribution in [1.29, 1.82) is 0 Å². The third kappa shape index (κ3) is 3.51. The number of rotatable bonds is 2. The predicted molar refractivity (Wildman–Crippen MR) is 93.2 cm³/mol. The minimum atomic E-state index is -0.510. The largest absolute Gasteiger partial charge is 0.368 e. The van der Waals surface area contributed by atoms with Crippen molar-refractivity contribution in [3.05, 3.63) is 42.2 Å². The lowest BCUT2D eigenvalue weighted by atomic mass is 9.98. The van der Waals surface area contributed by atoms with Crippen LogP contribution in [-0.2, 0) is 9.63 Å². The van der Waals surface area contributed by atoms with Gasteiger partial charge in [0.2, 0.25) is 0 Å². The van der Waals surface area contributed by atoms with Gasteiger partial charge in [-0.3, -0.25) is 0 Å². The van der Waals surface area contributed by atoms with E-state index in [4.69, 9.17) is 4.84 Å². The maximum atomic E-state index is 13.6. The number of hydroxylamine groups is 2. The number of halogens is 1. The molecule has 0 aliphatic carbocycles. The number of anilines is 1. The maximum Gasteiger partial charge on any atom is 0.330 e. The number of fused-ring (bicyclic) bond motifs is 1. The van der Waals surface area contributed by atoms with Crippen LogP contribution in [0.1, 0.15) is 20.8 Å². The van der Waals surface area contributed by atoms with E-state index < -0.39 is 5.41 Å². The first-order valence-electron chi connectivity index (χ1n) is 8.25. The zero-order valence-electron chi connectivity index (χ0n) is 14.4. The van der Waals surface area contributed by atoms with Crippen molar-refractivity contribution in [1.82, 2.24) is 5.06 Å². The third-order valence-corrected chi connectivity index (χ3v) is 4.22. The van der Waals surface area contributed by atoms with Gasteiger partial charge in [0.1, 0.15) is 5.82 Å². The molecular formula is C19H23FN2O2. The van der Waals surface area contributed by atoms with E-state index in [1.54, 1.807) is 17.2 Å². The molecule has 1 fully saturated rings. The number of carbonyl (C=O) groups excluding carboxylic acids is 1. The number of benzene rings is 2. The molecule has 128 valence electrons. The Kier molecular flexibility index (Phi) is 4.45. The summed E-state index contributed by atoms with van der Waals surface area (Å²) >= 11 is 0. The second-order valence-electron chi connectivity index (χ2n) is 7.19. The lowest BCUT2D eigenvalue weighted by Gasteiger charge is -2.36.